The van der Waals surface area contributed by atoms with Crippen LogP contribution >= 0.6 is 0 Å². The van der Waals surface area contributed by atoms with E-state index in [1.165, 1.54) is 5.56 Å². The first-order chi connectivity index (χ1) is 13.8. The van der Waals surface area contributed by atoms with Crippen LogP contribution in [-0.4, -0.2) is 18.3 Å². The van der Waals surface area contributed by atoms with E-state index in [0.29, 0.717) is 22.6 Å². The number of hydrogen-bond donors (Lipinski definition) is 1. The molecule has 0 spiro atoms. The molecule has 4 heteroatoms. The highest BCUT2D eigenvalue weighted by Crippen LogP contribution is 2.23. The molecule has 0 heterocycles. The number of para-hydroxylation sites is 1. The van der Waals surface area contributed by atoms with E-state index in [9.17, 15) is 9.59 Å². The zero-order chi connectivity index (χ0) is 20.9. The normalized spacial score (nSPS) is 11.0. The summed E-state index contributed by atoms with van der Waals surface area (Å²) in [7, 11) is 0. The van der Waals surface area contributed by atoms with Crippen molar-refractivity contribution in [3.63, 3.8) is 0 Å². The number of hydrogen-bond acceptors (Lipinski definition) is 3. The van der Waals surface area contributed by atoms with Gasteiger partial charge in [0, 0.05) is 16.8 Å². The smallest absolute Gasteiger partial charge is 0.262 e. The van der Waals surface area contributed by atoms with Crippen molar-refractivity contribution in [3.8, 4) is 5.75 Å². The van der Waals surface area contributed by atoms with E-state index < -0.39 is 0 Å². The van der Waals surface area contributed by atoms with Gasteiger partial charge in [0.05, 0.1) is 0 Å². The third kappa shape index (κ3) is 5.55. The molecule has 29 heavy (non-hydrogen) atoms. The van der Waals surface area contributed by atoms with Gasteiger partial charge in [0.25, 0.3) is 5.91 Å². The molecule has 148 valence electrons. The maximum absolute atomic E-state index is 12.8. The predicted molar refractivity (Wildman–Crippen MR) is 116 cm³/mol. The van der Waals surface area contributed by atoms with Crippen LogP contribution in [0.2, 0.25) is 0 Å². The van der Waals surface area contributed by atoms with Gasteiger partial charge >= 0.3 is 0 Å². The summed E-state index contributed by atoms with van der Waals surface area (Å²) in [6, 6.07) is 23.7. The van der Waals surface area contributed by atoms with Crippen LogP contribution in [0.4, 0.5) is 5.69 Å². The molecule has 0 aliphatic carbocycles. The van der Waals surface area contributed by atoms with Gasteiger partial charge in [-0.3, -0.25) is 9.59 Å². The summed E-state index contributed by atoms with van der Waals surface area (Å²) in [4.78, 5) is 25.0. The van der Waals surface area contributed by atoms with Crippen LogP contribution in [0.25, 0.3) is 0 Å². The van der Waals surface area contributed by atoms with Crippen molar-refractivity contribution < 1.29 is 14.3 Å². The Labute approximate surface area is 171 Å². The molecule has 0 bridgehead atoms. The fourth-order valence-electron chi connectivity index (χ4n) is 2.89. The SMILES string of the molecule is CC(C)(C)c1ccc(C(=O)c2cccc(NC(=O)COc3ccccc3)c2)cc1. The number of anilines is 1. The Hall–Kier alpha value is -3.40. The summed E-state index contributed by atoms with van der Waals surface area (Å²) in [6.07, 6.45) is 0. The molecule has 0 aromatic heterocycles. The van der Waals surface area contributed by atoms with Crippen molar-refractivity contribution in [2.75, 3.05) is 11.9 Å². The Kier molecular flexibility index (Phi) is 6.13. The number of ether oxygens (including phenoxy) is 1. The molecule has 3 rings (SSSR count). The average molecular weight is 387 g/mol. The fourth-order valence-corrected chi connectivity index (χ4v) is 2.89. The highest BCUT2D eigenvalue weighted by atomic mass is 16.5. The van der Waals surface area contributed by atoms with Gasteiger partial charge in [-0.2, -0.15) is 0 Å². The van der Waals surface area contributed by atoms with Gasteiger partial charge in [0.1, 0.15) is 5.75 Å². The first kappa shape index (κ1) is 20.3. The van der Waals surface area contributed by atoms with Gasteiger partial charge in [0.15, 0.2) is 12.4 Å². The quantitative estimate of drug-likeness (QED) is 0.589. The molecule has 0 atom stereocenters. The highest BCUT2D eigenvalue weighted by Gasteiger charge is 2.15. The van der Waals surface area contributed by atoms with Crippen LogP contribution in [0.5, 0.6) is 5.75 Å². The van der Waals surface area contributed by atoms with Crippen molar-refractivity contribution in [3.05, 3.63) is 95.6 Å². The Balaban J connectivity index is 1.65. The molecule has 0 radical (unpaired) electrons. The molecule has 3 aromatic carbocycles. The van der Waals surface area contributed by atoms with E-state index in [1.807, 2.05) is 42.5 Å². The van der Waals surface area contributed by atoms with Gasteiger partial charge in [0.2, 0.25) is 0 Å². The minimum Gasteiger partial charge on any atom is -0.484 e. The second kappa shape index (κ2) is 8.74. The lowest BCUT2D eigenvalue weighted by molar-refractivity contribution is -0.118. The molecule has 1 N–H and O–H groups in total. The molecule has 4 nitrogen and oxygen atoms in total. The molecule has 0 aliphatic rings. The second-order valence-electron chi connectivity index (χ2n) is 7.89. The number of nitrogens with one attached hydrogen (secondary N) is 1. The van der Waals surface area contributed by atoms with Gasteiger partial charge in [-0.05, 0) is 35.2 Å². The first-order valence-electron chi connectivity index (χ1n) is 9.56. The van der Waals surface area contributed by atoms with Crippen LogP contribution in [0.15, 0.2) is 78.9 Å². The maximum atomic E-state index is 12.8. The van der Waals surface area contributed by atoms with Gasteiger partial charge in [-0.15, -0.1) is 0 Å². The third-order valence-corrected chi connectivity index (χ3v) is 4.53. The predicted octanol–water partition coefficient (Wildman–Crippen LogP) is 5.23. The van der Waals surface area contributed by atoms with Crippen LogP contribution < -0.4 is 10.1 Å². The number of rotatable bonds is 6. The Bertz CT molecular complexity index is 987. The molecular formula is C25H25NO3. The van der Waals surface area contributed by atoms with E-state index in [2.05, 4.69) is 26.1 Å². The zero-order valence-corrected chi connectivity index (χ0v) is 16.9. The lowest BCUT2D eigenvalue weighted by atomic mass is 9.86. The maximum Gasteiger partial charge on any atom is 0.262 e. The molecule has 1 amide bonds. The van der Waals surface area contributed by atoms with Crippen LogP contribution in [0.3, 0.4) is 0 Å². The fraction of sp³-hybridized carbons (Fsp3) is 0.200. The Morgan fingerprint density at radius 1 is 0.828 bits per heavy atom. The number of amides is 1. The van der Waals surface area contributed by atoms with Crippen molar-refractivity contribution >= 4 is 17.4 Å². The van der Waals surface area contributed by atoms with Crippen LogP contribution in [-0.2, 0) is 10.2 Å². The van der Waals surface area contributed by atoms with Crippen molar-refractivity contribution in [2.45, 2.75) is 26.2 Å². The number of benzene rings is 3. The number of ketones is 1. The highest BCUT2D eigenvalue weighted by molar-refractivity contribution is 6.09. The molecule has 0 fully saturated rings. The minimum atomic E-state index is -0.284. The van der Waals surface area contributed by atoms with Gasteiger partial charge < -0.3 is 10.1 Å². The summed E-state index contributed by atoms with van der Waals surface area (Å²) < 4.78 is 5.45. The summed E-state index contributed by atoms with van der Waals surface area (Å²) in [6.45, 7) is 6.31. The monoisotopic (exact) mass is 387 g/mol. The first-order valence-corrected chi connectivity index (χ1v) is 9.56. The molecule has 0 unspecified atom stereocenters. The van der Waals surface area contributed by atoms with Crippen molar-refractivity contribution in [1.29, 1.82) is 0 Å². The van der Waals surface area contributed by atoms with E-state index in [4.69, 9.17) is 4.74 Å². The lowest BCUT2D eigenvalue weighted by Gasteiger charge is -2.19. The topological polar surface area (TPSA) is 55.4 Å². The zero-order valence-electron chi connectivity index (χ0n) is 16.9. The van der Waals surface area contributed by atoms with E-state index in [1.54, 1.807) is 36.4 Å². The summed E-state index contributed by atoms with van der Waals surface area (Å²) in [5.41, 5.74) is 2.91. The third-order valence-electron chi connectivity index (χ3n) is 4.53. The molecule has 3 aromatic rings. The second-order valence-corrected chi connectivity index (χ2v) is 7.89. The van der Waals surface area contributed by atoms with Crippen molar-refractivity contribution in [1.82, 2.24) is 0 Å². The Morgan fingerprint density at radius 2 is 1.52 bits per heavy atom. The van der Waals surface area contributed by atoms with Gasteiger partial charge in [-0.1, -0.05) is 75.4 Å². The summed E-state index contributed by atoms with van der Waals surface area (Å²) in [5, 5.41) is 2.77. The van der Waals surface area contributed by atoms with E-state index in [0.717, 1.165) is 0 Å². The van der Waals surface area contributed by atoms with Gasteiger partial charge in [-0.25, -0.2) is 0 Å². The number of carbonyl (C=O) groups excluding carboxylic acids is 2. The van der Waals surface area contributed by atoms with E-state index in [-0.39, 0.29) is 23.7 Å². The van der Waals surface area contributed by atoms with Crippen LogP contribution in [0, 0.1) is 0 Å². The summed E-state index contributed by atoms with van der Waals surface area (Å²) in [5.74, 6) is 0.264. The summed E-state index contributed by atoms with van der Waals surface area (Å²) >= 11 is 0. The van der Waals surface area contributed by atoms with E-state index >= 15 is 0 Å². The Morgan fingerprint density at radius 3 is 2.17 bits per heavy atom. The molecule has 0 saturated heterocycles. The largest absolute Gasteiger partial charge is 0.484 e. The molecular weight excluding hydrogens is 362 g/mol. The number of carbonyl (C=O) groups is 2. The standard InChI is InChI=1S/C25H25NO3/c1-25(2,3)20-14-12-18(13-15-20)24(28)19-8-7-9-21(16-19)26-23(27)17-29-22-10-5-4-6-11-22/h4-16H,17H2,1-3H3,(H,26,27). The molecule has 0 aliphatic heterocycles. The van der Waals surface area contributed by atoms with Crippen LogP contribution in [0.1, 0.15) is 42.3 Å². The van der Waals surface area contributed by atoms with Crippen molar-refractivity contribution in [2.24, 2.45) is 0 Å². The molecule has 0 saturated carbocycles. The minimum absolute atomic E-state index is 0.0353. The lowest BCUT2D eigenvalue weighted by Crippen LogP contribution is -2.20. The average Bonchev–Trinajstić information content (AvgIpc) is 2.72.